The molecular weight excluding hydrogens is 174 g/mol. The molecule has 0 aromatic heterocycles. The van der Waals surface area contributed by atoms with Gasteiger partial charge < -0.3 is 5.73 Å². The van der Waals surface area contributed by atoms with Crippen molar-refractivity contribution in [2.45, 2.75) is 52.5 Å². The van der Waals surface area contributed by atoms with E-state index in [4.69, 9.17) is 5.73 Å². The molecule has 2 N–H and O–H groups in total. The topological polar surface area (TPSA) is 43.1 Å². The van der Waals surface area contributed by atoms with Crippen LogP contribution in [0.4, 0.5) is 0 Å². The Balaban J connectivity index is 2.45. The molecule has 1 atom stereocenters. The first kappa shape index (κ1) is 11.7. The van der Waals surface area contributed by atoms with Crippen LogP contribution in [0.5, 0.6) is 0 Å². The molecule has 0 spiro atoms. The number of hydrogen-bond acceptors (Lipinski definition) is 2. The molecule has 2 heteroatoms. The molecule has 2 nitrogen and oxygen atoms in total. The van der Waals surface area contributed by atoms with Gasteiger partial charge in [-0.05, 0) is 24.7 Å². The third-order valence-electron chi connectivity index (χ3n) is 3.46. The fraction of sp³-hybridized carbons (Fsp3) is 0.917. The number of carbonyl (C=O) groups is 1. The molecular formula is C12H23NO. The normalized spacial score (nSPS) is 30.4. The number of nitrogens with two attached hydrogens (primary N) is 1. The van der Waals surface area contributed by atoms with Crippen LogP contribution in [0.2, 0.25) is 0 Å². The highest BCUT2D eigenvalue weighted by Gasteiger charge is 2.29. The van der Waals surface area contributed by atoms with Crippen molar-refractivity contribution in [2.75, 3.05) is 0 Å². The molecule has 0 aliphatic heterocycles. The van der Waals surface area contributed by atoms with Crippen molar-refractivity contribution in [3.05, 3.63) is 0 Å². The lowest BCUT2D eigenvalue weighted by Crippen LogP contribution is -2.40. The van der Waals surface area contributed by atoms with Crippen molar-refractivity contribution in [2.24, 2.45) is 23.5 Å². The van der Waals surface area contributed by atoms with E-state index in [1.807, 2.05) is 13.8 Å². The van der Waals surface area contributed by atoms with Crippen LogP contribution in [0, 0.1) is 17.8 Å². The first-order valence-corrected chi connectivity index (χ1v) is 5.81. The van der Waals surface area contributed by atoms with Crippen LogP contribution in [-0.2, 0) is 4.79 Å². The monoisotopic (exact) mass is 197 g/mol. The van der Waals surface area contributed by atoms with Gasteiger partial charge in [-0.1, -0.05) is 33.6 Å². The van der Waals surface area contributed by atoms with Gasteiger partial charge in [0.05, 0.1) is 6.04 Å². The first-order valence-electron chi connectivity index (χ1n) is 5.81. The van der Waals surface area contributed by atoms with Crippen LogP contribution in [0.1, 0.15) is 46.5 Å². The summed E-state index contributed by atoms with van der Waals surface area (Å²) in [6.45, 7) is 6.31. The minimum Gasteiger partial charge on any atom is -0.321 e. The number of carbonyl (C=O) groups excluding carboxylic acids is 1. The second-order valence-corrected chi connectivity index (χ2v) is 5.13. The lowest BCUT2D eigenvalue weighted by atomic mass is 9.78. The Bertz CT molecular complexity index is 192. The van der Waals surface area contributed by atoms with E-state index in [1.54, 1.807) is 0 Å². The Labute approximate surface area is 87.2 Å². The Morgan fingerprint density at radius 3 is 2.14 bits per heavy atom. The number of ketones is 1. The van der Waals surface area contributed by atoms with Gasteiger partial charge in [-0.25, -0.2) is 0 Å². The van der Waals surface area contributed by atoms with Gasteiger partial charge >= 0.3 is 0 Å². The molecule has 0 aromatic rings. The maximum Gasteiger partial charge on any atom is 0.152 e. The maximum absolute atomic E-state index is 11.9. The van der Waals surface area contributed by atoms with Crippen molar-refractivity contribution in [3.63, 3.8) is 0 Å². The van der Waals surface area contributed by atoms with Gasteiger partial charge in [-0.15, -0.1) is 0 Å². The summed E-state index contributed by atoms with van der Waals surface area (Å²) in [4.78, 5) is 11.9. The molecule has 1 unspecified atom stereocenters. The van der Waals surface area contributed by atoms with Crippen LogP contribution >= 0.6 is 0 Å². The number of hydrogen-bond donors (Lipinski definition) is 1. The molecule has 0 bridgehead atoms. The molecule has 82 valence electrons. The summed E-state index contributed by atoms with van der Waals surface area (Å²) in [5, 5.41) is 0. The molecule has 1 rings (SSSR count). The van der Waals surface area contributed by atoms with Crippen LogP contribution in [0.3, 0.4) is 0 Å². The van der Waals surface area contributed by atoms with Gasteiger partial charge in [0, 0.05) is 5.92 Å². The van der Waals surface area contributed by atoms with E-state index in [0.29, 0.717) is 5.78 Å². The van der Waals surface area contributed by atoms with Crippen molar-refractivity contribution in [3.8, 4) is 0 Å². The minimum atomic E-state index is -0.242. The minimum absolute atomic E-state index is 0.242. The SMILES string of the molecule is CC1CCC(C(=O)C(N)C(C)C)CC1. The van der Waals surface area contributed by atoms with E-state index in [0.717, 1.165) is 18.8 Å². The van der Waals surface area contributed by atoms with E-state index < -0.39 is 0 Å². The summed E-state index contributed by atoms with van der Waals surface area (Å²) in [5.74, 6) is 1.63. The van der Waals surface area contributed by atoms with Gasteiger partial charge in [0.1, 0.15) is 0 Å². The van der Waals surface area contributed by atoms with Gasteiger partial charge in [0.25, 0.3) is 0 Å². The third-order valence-corrected chi connectivity index (χ3v) is 3.46. The highest BCUT2D eigenvalue weighted by molar-refractivity contribution is 5.86. The summed E-state index contributed by atoms with van der Waals surface area (Å²) < 4.78 is 0. The van der Waals surface area contributed by atoms with Crippen LogP contribution in [0.15, 0.2) is 0 Å². The van der Waals surface area contributed by atoms with E-state index in [1.165, 1.54) is 12.8 Å². The summed E-state index contributed by atoms with van der Waals surface area (Å²) in [5.41, 5.74) is 5.88. The zero-order valence-electron chi connectivity index (χ0n) is 9.62. The molecule has 0 amide bonds. The Hall–Kier alpha value is -0.370. The second kappa shape index (κ2) is 4.92. The lowest BCUT2D eigenvalue weighted by molar-refractivity contribution is -0.126. The predicted molar refractivity (Wildman–Crippen MR) is 58.9 cm³/mol. The van der Waals surface area contributed by atoms with E-state index in [9.17, 15) is 4.79 Å². The Kier molecular flexibility index (Phi) is 4.11. The molecule has 0 aromatic carbocycles. The fourth-order valence-electron chi connectivity index (χ4n) is 2.15. The quantitative estimate of drug-likeness (QED) is 0.754. The fourth-order valence-corrected chi connectivity index (χ4v) is 2.15. The van der Waals surface area contributed by atoms with Crippen molar-refractivity contribution >= 4 is 5.78 Å². The summed E-state index contributed by atoms with van der Waals surface area (Å²) in [6.07, 6.45) is 4.50. The molecule has 1 aliphatic rings. The number of rotatable bonds is 3. The molecule has 0 saturated heterocycles. The highest BCUT2D eigenvalue weighted by Crippen LogP contribution is 2.29. The van der Waals surface area contributed by atoms with Gasteiger partial charge in [-0.3, -0.25) is 4.79 Å². The zero-order valence-corrected chi connectivity index (χ0v) is 9.62. The highest BCUT2D eigenvalue weighted by atomic mass is 16.1. The largest absolute Gasteiger partial charge is 0.321 e. The summed E-state index contributed by atoms with van der Waals surface area (Å²) in [6, 6.07) is -0.242. The van der Waals surface area contributed by atoms with Crippen LogP contribution < -0.4 is 5.73 Å². The van der Waals surface area contributed by atoms with Gasteiger partial charge in [0.15, 0.2) is 5.78 Å². The van der Waals surface area contributed by atoms with Crippen molar-refractivity contribution in [1.82, 2.24) is 0 Å². The Morgan fingerprint density at radius 2 is 1.71 bits per heavy atom. The first-order chi connectivity index (χ1) is 6.52. The van der Waals surface area contributed by atoms with Crippen molar-refractivity contribution in [1.29, 1.82) is 0 Å². The smallest absolute Gasteiger partial charge is 0.152 e. The van der Waals surface area contributed by atoms with Gasteiger partial charge in [-0.2, -0.15) is 0 Å². The molecule has 1 saturated carbocycles. The van der Waals surface area contributed by atoms with Crippen molar-refractivity contribution < 1.29 is 4.79 Å². The second-order valence-electron chi connectivity index (χ2n) is 5.13. The lowest BCUT2D eigenvalue weighted by Gasteiger charge is -2.28. The van der Waals surface area contributed by atoms with E-state index >= 15 is 0 Å². The average molecular weight is 197 g/mol. The maximum atomic E-state index is 11.9. The average Bonchev–Trinajstić information content (AvgIpc) is 2.16. The third kappa shape index (κ3) is 2.81. The summed E-state index contributed by atoms with van der Waals surface area (Å²) >= 11 is 0. The zero-order chi connectivity index (χ0) is 10.7. The van der Waals surface area contributed by atoms with Crippen LogP contribution in [0.25, 0.3) is 0 Å². The number of Topliss-reactive ketones (excluding diaryl/α,β-unsaturated/α-hetero) is 1. The van der Waals surface area contributed by atoms with E-state index in [-0.39, 0.29) is 17.9 Å². The van der Waals surface area contributed by atoms with Gasteiger partial charge in [0.2, 0.25) is 0 Å². The molecule has 1 fully saturated rings. The van der Waals surface area contributed by atoms with E-state index in [2.05, 4.69) is 6.92 Å². The molecule has 1 aliphatic carbocycles. The standard InChI is InChI=1S/C12H23NO/c1-8(2)11(13)12(14)10-6-4-9(3)5-7-10/h8-11H,4-7,13H2,1-3H3. The summed E-state index contributed by atoms with van der Waals surface area (Å²) in [7, 11) is 0. The predicted octanol–water partition coefficient (Wildman–Crippen LogP) is 2.37. The van der Waals surface area contributed by atoms with Crippen LogP contribution in [-0.4, -0.2) is 11.8 Å². The molecule has 0 radical (unpaired) electrons. The molecule has 0 heterocycles. The Morgan fingerprint density at radius 1 is 1.21 bits per heavy atom. The molecule has 14 heavy (non-hydrogen) atoms.